The molecule has 0 unspecified atom stereocenters. The van der Waals surface area contributed by atoms with E-state index in [1.54, 1.807) is 24.3 Å². The minimum atomic E-state index is -0.860. The minimum Gasteiger partial charge on any atom is -0.497 e. The third-order valence-corrected chi connectivity index (χ3v) is 3.36. The third kappa shape index (κ3) is 4.07. The number of imide groups is 1. The largest absolute Gasteiger partial charge is 0.497 e. The van der Waals surface area contributed by atoms with Gasteiger partial charge in [-0.25, -0.2) is 10.3 Å². The van der Waals surface area contributed by atoms with E-state index in [9.17, 15) is 19.2 Å². The van der Waals surface area contributed by atoms with Crippen molar-refractivity contribution in [1.29, 1.82) is 0 Å². The molecule has 1 aliphatic rings. The molecule has 128 valence electrons. The summed E-state index contributed by atoms with van der Waals surface area (Å²) in [4.78, 5) is 47.7. The summed E-state index contributed by atoms with van der Waals surface area (Å²) >= 11 is 0. The van der Waals surface area contributed by atoms with Crippen LogP contribution in [0.25, 0.3) is 0 Å². The van der Waals surface area contributed by atoms with Gasteiger partial charge in [-0.1, -0.05) is 0 Å². The molecule has 0 aromatic heterocycles. The number of anilines is 1. The average molecular weight is 334 g/mol. The number of carbonyl (C=O) groups excluding carboxylic acids is 4. The molecular weight excluding hydrogens is 316 g/mol. The number of nitrogens with one attached hydrogen (secondary N) is 3. The van der Waals surface area contributed by atoms with Gasteiger partial charge in [-0.15, -0.1) is 0 Å². The number of hydrogen-bond donors (Lipinski definition) is 3. The van der Waals surface area contributed by atoms with Gasteiger partial charge < -0.3 is 10.1 Å². The van der Waals surface area contributed by atoms with E-state index in [0.717, 1.165) is 4.90 Å². The first-order chi connectivity index (χ1) is 11.4. The molecule has 1 heterocycles. The summed E-state index contributed by atoms with van der Waals surface area (Å²) in [5.74, 6) is -1.10. The molecule has 9 heteroatoms. The molecule has 1 aliphatic heterocycles. The van der Waals surface area contributed by atoms with Crippen molar-refractivity contribution in [3.05, 3.63) is 24.3 Å². The first kappa shape index (κ1) is 17.4. The molecule has 0 bridgehead atoms. The zero-order chi connectivity index (χ0) is 17.7. The van der Waals surface area contributed by atoms with E-state index < -0.39 is 17.9 Å². The van der Waals surface area contributed by atoms with Crippen LogP contribution in [0.1, 0.15) is 13.3 Å². The van der Waals surface area contributed by atoms with Crippen molar-refractivity contribution < 1.29 is 23.9 Å². The van der Waals surface area contributed by atoms with Gasteiger partial charge in [0.25, 0.3) is 11.8 Å². The number of amides is 4. The SMILES string of the molecule is COc1ccc(N2C(=O)C[C@@H](NNC(=O)CNC(C)=O)C2=O)cc1. The monoisotopic (exact) mass is 334 g/mol. The second kappa shape index (κ2) is 7.55. The Morgan fingerprint density at radius 3 is 2.50 bits per heavy atom. The van der Waals surface area contributed by atoms with E-state index in [2.05, 4.69) is 16.2 Å². The number of hydrazine groups is 1. The normalized spacial score (nSPS) is 16.9. The van der Waals surface area contributed by atoms with E-state index >= 15 is 0 Å². The fourth-order valence-electron chi connectivity index (χ4n) is 2.16. The molecule has 0 spiro atoms. The summed E-state index contributed by atoms with van der Waals surface area (Å²) < 4.78 is 5.03. The molecule has 1 saturated heterocycles. The van der Waals surface area contributed by atoms with Gasteiger partial charge in [0.05, 0.1) is 25.8 Å². The number of nitrogens with zero attached hydrogens (tertiary/aromatic N) is 1. The Labute approximate surface area is 138 Å². The second-order valence-corrected chi connectivity index (χ2v) is 5.12. The first-order valence-electron chi connectivity index (χ1n) is 7.22. The number of carbonyl (C=O) groups is 4. The number of methoxy groups -OCH3 is 1. The smallest absolute Gasteiger partial charge is 0.253 e. The van der Waals surface area contributed by atoms with Crippen LogP contribution >= 0.6 is 0 Å². The zero-order valence-corrected chi connectivity index (χ0v) is 13.3. The topological polar surface area (TPSA) is 117 Å². The standard InChI is InChI=1S/C15H18N4O5/c1-9(20)16-8-13(21)18-17-12-7-14(22)19(15(12)23)10-3-5-11(24-2)6-4-10/h3-6,12,17H,7-8H2,1-2H3,(H,16,20)(H,18,21)/t12-/m1/s1. The lowest BCUT2D eigenvalue weighted by atomic mass is 10.2. The predicted molar refractivity (Wildman–Crippen MR) is 83.9 cm³/mol. The van der Waals surface area contributed by atoms with Crippen molar-refractivity contribution in [2.75, 3.05) is 18.6 Å². The number of benzene rings is 1. The van der Waals surface area contributed by atoms with Crippen molar-refractivity contribution in [3.63, 3.8) is 0 Å². The van der Waals surface area contributed by atoms with Crippen LogP contribution in [0, 0.1) is 0 Å². The van der Waals surface area contributed by atoms with Gasteiger partial charge in [-0.05, 0) is 24.3 Å². The van der Waals surface area contributed by atoms with E-state index in [-0.39, 0.29) is 24.8 Å². The fourth-order valence-corrected chi connectivity index (χ4v) is 2.16. The van der Waals surface area contributed by atoms with Crippen LogP contribution in [0.5, 0.6) is 5.75 Å². The molecule has 3 N–H and O–H groups in total. The Morgan fingerprint density at radius 1 is 1.25 bits per heavy atom. The molecular formula is C15H18N4O5. The van der Waals surface area contributed by atoms with Crippen LogP contribution in [-0.4, -0.2) is 43.3 Å². The highest BCUT2D eigenvalue weighted by molar-refractivity contribution is 6.22. The van der Waals surface area contributed by atoms with Gasteiger partial charge in [0, 0.05) is 6.92 Å². The maximum Gasteiger partial charge on any atom is 0.253 e. The van der Waals surface area contributed by atoms with Crippen molar-refractivity contribution in [1.82, 2.24) is 16.2 Å². The lowest BCUT2D eigenvalue weighted by Crippen LogP contribution is -2.50. The van der Waals surface area contributed by atoms with Crippen LogP contribution < -0.4 is 25.8 Å². The van der Waals surface area contributed by atoms with Gasteiger partial charge >= 0.3 is 0 Å². The van der Waals surface area contributed by atoms with Crippen LogP contribution in [0.4, 0.5) is 5.69 Å². The van der Waals surface area contributed by atoms with Crippen molar-refractivity contribution in [2.24, 2.45) is 0 Å². The van der Waals surface area contributed by atoms with Gasteiger partial charge in [0.2, 0.25) is 11.8 Å². The summed E-state index contributed by atoms with van der Waals surface area (Å²) in [6.07, 6.45) is -0.0781. The average Bonchev–Trinajstić information content (AvgIpc) is 2.85. The van der Waals surface area contributed by atoms with Gasteiger partial charge in [-0.2, -0.15) is 0 Å². The van der Waals surface area contributed by atoms with Crippen molar-refractivity contribution in [2.45, 2.75) is 19.4 Å². The minimum absolute atomic E-state index is 0.0781. The number of ether oxygens (including phenoxy) is 1. The molecule has 2 rings (SSSR count). The summed E-state index contributed by atoms with van der Waals surface area (Å²) in [5, 5.41) is 2.32. The summed E-state index contributed by atoms with van der Waals surface area (Å²) in [6, 6.07) is 5.64. The fraction of sp³-hybridized carbons (Fsp3) is 0.333. The molecule has 0 saturated carbocycles. The molecule has 0 aliphatic carbocycles. The highest BCUT2D eigenvalue weighted by Gasteiger charge is 2.39. The van der Waals surface area contributed by atoms with Crippen LogP contribution in [0.2, 0.25) is 0 Å². The Balaban J connectivity index is 1.95. The lowest BCUT2D eigenvalue weighted by Gasteiger charge is -2.16. The molecule has 4 amide bonds. The van der Waals surface area contributed by atoms with Crippen molar-refractivity contribution >= 4 is 29.3 Å². The van der Waals surface area contributed by atoms with Crippen LogP contribution in [0.15, 0.2) is 24.3 Å². The Hall–Kier alpha value is -2.94. The molecule has 1 aromatic rings. The van der Waals surface area contributed by atoms with E-state index in [1.807, 2.05) is 0 Å². The van der Waals surface area contributed by atoms with Gasteiger partial charge in [-0.3, -0.25) is 24.6 Å². The third-order valence-electron chi connectivity index (χ3n) is 3.36. The lowest BCUT2D eigenvalue weighted by molar-refractivity contribution is -0.126. The highest BCUT2D eigenvalue weighted by atomic mass is 16.5. The van der Waals surface area contributed by atoms with Gasteiger partial charge in [0.1, 0.15) is 11.8 Å². The number of hydrogen-bond acceptors (Lipinski definition) is 6. The molecule has 9 nitrogen and oxygen atoms in total. The predicted octanol–water partition coefficient (Wildman–Crippen LogP) is -0.916. The second-order valence-electron chi connectivity index (χ2n) is 5.12. The van der Waals surface area contributed by atoms with Crippen molar-refractivity contribution in [3.8, 4) is 5.75 Å². The van der Waals surface area contributed by atoms with Crippen LogP contribution in [0.3, 0.4) is 0 Å². The highest BCUT2D eigenvalue weighted by Crippen LogP contribution is 2.24. The molecule has 0 radical (unpaired) electrons. The Kier molecular flexibility index (Phi) is 5.48. The Bertz CT molecular complexity index is 658. The van der Waals surface area contributed by atoms with E-state index in [4.69, 9.17) is 4.74 Å². The zero-order valence-electron chi connectivity index (χ0n) is 13.3. The molecule has 1 fully saturated rings. The summed E-state index contributed by atoms with van der Waals surface area (Å²) in [5.41, 5.74) is 5.25. The maximum absolute atomic E-state index is 12.3. The quantitative estimate of drug-likeness (QED) is 0.458. The van der Waals surface area contributed by atoms with E-state index in [0.29, 0.717) is 11.4 Å². The molecule has 1 aromatic carbocycles. The van der Waals surface area contributed by atoms with Gasteiger partial charge in [0.15, 0.2) is 0 Å². The maximum atomic E-state index is 12.3. The molecule has 24 heavy (non-hydrogen) atoms. The number of rotatable bonds is 6. The first-order valence-corrected chi connectivity index (χ1v) is 7.22. The summed E-state index contributed by atoms with van der Waals surface area (Å²) in [7, 11) is 1.52. The van der Waals surface area contributed by atoms with Crippen LogP contribution in [-0.2, 0) is 19.2 Å². The molecule has 1 atom stereocenters. The van der Waals surface area contributed by atoms with E-state index in [1.165, 1.54) is 14.0 Å². The summed E-state index contributed by atoms with van der Waals surface area (Å²) in [6.45, 7) is 1.06. The Morgan fingerprint density at radius 2 is 1.92 bits per heavy atom.